The molecule has 1 atom stereocenters. The van der Waals surface area contributed by atoms with Gasteiger partial charge in [-0.15, -0.1) is 0 Å². The average molecular weight is 559 g/mol. The maximum atomic E-state index is 2.52. The summed E-state index contributed by atoms with van der Waals surface area (Å²) in [5.41, 5.74) is 10.1. The second kappa shape index (κ2) is 10.7. The summed E-state index contributed by atoms with van der Waals surface area (Å²) in [6, 6.07) is 38.8. The van der Waals surface area contributed by atoms with Crippen LogP contribution in [0.3, 0.4) is 0 Å². The minimum atomic E-state index is -2.58. The first-order valence-electron chi connectivity index (χ1n) is 13.5. The van der Waals surface area contributed by atoms with Crippen molar-refractivity contribution in [1.82, 2.24) is 0 Å². The van der Waals surface area contributed by atoms with Gasteiger partial charge in [-0.1, -0.05) is 0 Å². The zero-order valence-electron chi connectivity index (χ0n) is 21.7. The van der Waals surface area contributed by atoms with Crippen molar-refractivity contribution in [3.05, 3.63) is 147 Å². The van der Waals surface area contributed by atoms with E-state index >= 15 is 0 Å². The molecule has 182 valence electrons. The van der Waals surface area contributed by atoms with E-state index in [0.29, 0.717) is 3.63 Å². The molecule has 1 unspecified atom stereocenters. The Morgan fingerprint density at radius 2 is 1.35 bits per heavy atom. The Labute approximate surface area is 229 Å². The summed E-state index contributed by atoms with van der Waals surface area (Å²) in [5, 5.41) is 0. The molecule has 0 amide bonds. The quantitative estimate of drug-likeness (QED) is 0.220. The van der Waals surface area contributed by atoms with Crippen molar-refractivity contribution in [1.29, 1.82) is 0 Å². The summed E-state index contributed by atoms with van der Waals surface area (Å²) in [7, 11) is 0. The van der Waals surface area contributed by atoms with Crippen LogP contribution in [0.2, 0.25) is 0 Å². The number of nitrogens with zero attached hydrogens (tertiary/aromatic N) is 1. The van der Waals surface area contributed by atoms with Gasteiger partial charge in [0.15, 0.2) is 0 Å². The third-order valence-electron chi connectivity index (χ3n) is 7.83. The number of fused-ring (bicyclic) bond motifs is 3. The van der Waals surface area contributed by atoms with Gasteiger partial charge in [-0.3, -0.25) is 0 Å². The van der Waals surface area contributed by atoms with Gasteiger partial charge < -0.3 is 0 Å². The van der Waals surface area contributed by atoms with E-state index in [1.807, 2.05) is 0 Å². The van der Waals surface area contributed by atoms with Crippen LogP contribution in [0.4, 0.5) is 5.69 Å². The third-order valence-corrected chi connectivity index (χ3v) is 16.1. The van der Waals surface area contributed by atoms with Crippen LogP contribution >= 0.6 is 0 Å². The summed E-state index contributed by atoms with van der Waals surface area (Å²) < 4.78 is 3.75. The van der Waals surface area contributed by atoms with E-state index in [1.165, 1.54) is 39.1 Å². The second-order valence-electron chi connectivity index (χ2n) is 9.78. The molecule has 0 aliphatic heterocycles. The van der Waals surface area contributed by atoms with E-state index in [1.54, 1.807) is 6.49 Å². The van der Waals surface area contributed by atoms with Crippen LogP contribution in [0.25, 0.3) is 11.1 Å². The first-order valence-corrected chi connectivity index (χ1v) is 17.4. The van der Waals surface area contributed by atoms with E-state index < -0.39 is 21.3 Å². The predicted molar refractivity (Wildman–Crippen MR) is 155 cm³/mol. The number of hydrogen-bond donors (Lipinski definition) is 0. The Kier molecular flexibility index (Phi) is 7.03. The number of allylic oxidation sites excluding steroid dienone is 4. The number of anilines is 1. The molecule has 2 aliphatic carbocycles. The van der Waals surface area contributed by atoms with Crippen molar-refractivity contribution in [2.24, 2.45) is 0 Å². The molecular weight excluding hydrogens is 526 g/mol. The Morgan fingerprint density at radius 1 is 0.730 bits per heavy atom. The van der Waals surface area contributed by atoms with E-state index in [4.69, 9.17) is 0 Å². The Morgan fingerprint density at radius 3 is 1.97 bits per heavy atom. The summed E-state index contributed by atoms with van der Waals surface area (Å²) in [6.07, 6.45) is 8.19. The Hall–Kier alpha value is -3.09. The molecule has 37 heavy (non-hydrogen) atoms. The van der Waals surface area contributed by atoms with Gasteiger partial charge >= 0.3 is 230 Å². The molecule has 0 spiro atoms. The molecule has 0 heterocycles. The molecule has 0 saturated carbocycles. The van der Waals surface area contributed by atoms with Gasteiger partial charge in [-0.05, 0) is 0 Å². The van der Waals surface area contributed by atoms with E-state index in [9.17, 15) is 0 Å². The standard InChI is InChI=1S/C17H18N.C13H10.C5H5.Zr/c1-3-18(4-2)16-11-7-9-14-12-13-8-5-6-10-15(13)17(14)16;1-3-7-12(8-4-1)11-13-9-5-2-6-10-13;1-2-4-5-3-1;/h5-12H,3-4H2,1-2H3;1-10H;1-3H,4H2;. The predicted octanol–water partition coefficient (Wildman–Crippen LogP) is 8.33. The summed E-state index contributed by atoms with van der Waals surface area (Å²) in [6.45, 7) is 6.58. The van der Waals surface area contributed by atoms with Crippen LogP contribution in [-0.2, 0) is 21.3 Å². The van der Waals surface area contributed by atoms with Gasteiger partial charge in [0.2, 0.25) is 0 Å². The van der Waals surface area contributed by atoms with Crippen molar-refractivity contribution in [3.8, 4) is 11.1 Å². The topological polar surface area (TPSA) is 3.24 Å². The average Bonchev–Trinajstić information content (AvgIpc) is 3.61. The van der Waals surface area contributed by atoms with E-state index in [2.05, 4.69) is 140 Å². The van der Waals surface area contributed by atoms with Crippen LogP contribution in [0, 0.1) is 0 Å². The summed E-state index contributed by atoms with van der Waals surface area (Å²) in [4.78, 5) is 2.52. The normalized spacial score (nSPS) is 15.2. The van der Waals surface area contributed by atoms with Gasteiger partial charge in [-0.25, -0.2) is 0 Å². The van der Waals surface area contributed by atoms with E-state index in [-0.39, 0.29) is 0 Å². The first kappa shape index (κ1) is 24.3. The minimum absolute atomic E-state index is 0.450. The molecule has 6 rings (SSSR count). The molecule has 1 nitrogen and oxygen atoms in total. The Balaban J connectivity index is 1.71. The van der Waals surface area contributed by atoms with Crippen molar-refractivity contribution >= 4 is 8.89 Å². The molecule has 0 radical (unpaired) electrons. The van der Waals surface area contributed by atoms with Crippen molar-refractivity contribution in [2.75, 3.05) is 18.0 Å². The molecule has 4 aromatic rings. The SMILES string of the molecule is CCN(CC)c1cccc2c1-c1ccccc1[CH]2[Zr]([C]1=CC=CC1)=[C](c1ccccc1)c1ccccc1. The van der Waals surface area contributed by atoms with E-state index in [0.717, 1.165) is 19.5 Å². The summed E-state index contributed by atoms with van der Waals surface area (Å²) in [5.74, 6) is 0. The first-order chi connectivity index (χ1) is 18.3. The molecule has 2 aliphatic rings. The van der Waals surface area contributed by atoms with Gasteiger partial charge in [0.1, 0.15) is 0 Å². The zero-order chi connectivity index (χ0) is 25.2. The molecule has 4 aromatic carbocycles. The van der Waals surface area contributed by atoms with Crippen molar-refractivity contribution in [3.63, 3.8) is 0 Å². The Bertz CT molecular complexity index is 1470. The fraction of sp³-hybridized carbons (Fsp3) is 0.171. The van der Waals surface area contributed by atoms with Gasteiger partial charge in [0.05, 0.1) is 0 Å². The van der Waals surface area contributed by atoms with Crippen LogP contribution in [0.5, 0.6) is 0 Å². The summed E-state index contributed by atoms with van der Waals surface area (Å²) >= 11 is -2.58. The van der Waals surface area contributed by atoms with Gasteiger partial charge in [-0.2, -0.15) is 0 Å². The van der Waals surface area contributed by atoms with Crippen molar-refractivity contribution < 1.29 is 21.3 Å². The van der Waals surface area contributed by atoms with Crippen LogP contribution < -0.4 is 4.90 Å². The number of rotatable bonds is 7. The molecule has 0 saturated heterocycles. The maximum absolute atomic E-state index is 2.58. The second-order valence-corrected chi connectivity index (χ2v) is 16.0. The zero-order valence-corrected chi connectivity index (χ0v) is 24.2. The molecule has 0 bridgehead atoms. The van der Waals surface area contributed by atoms with Crippen molar-refractivity contribution in [2.45, 2.75) is 23.9 Å². The monoisotopic (exact) mass is 557 g/mol. The molecule has 0 aromatic heterocycles. The van der Waals surface area contributed by atoms with Crippen LogP contribution in [-0.4, -0.2) is 16.3 Å². The molecule has 2 heteroatoms. The molecule has 0 fully saturated rings. The van der Waals surface area contributed by atoms with Crippen LogP contribution in [0.15, 0.2) is 125 Å². The number of hydrogen-bond acceptors (Lipinski definition) is 1. The fourth-order valence-electron chi connectivity index (χ4n) is 6.20. The van der Waals surface area contributed by atoms with Gasteiger partial charge in [0.25, 0.3) is 0 Å². The third kappa shape index (κ3) is 4.36. The number of benzene rings is 4. The molecule has 0 N–H and O–H groups in total. The van der Waals surface area contributed by atoms with Crippen LogP contribution in [0.1, 0.15) is 46.1 Å². The fourth-order valence-corrected chi connectivity index (χ4v) is 15.2. The van der Waals surface area contributed by atoms with Gasteiger partial charge in [0, 0.05) is 0 Å². The molecular formula is C35H33NZr.